The average molecular weight is 291 g/mol. The van der Waals surface area contributed by atoms with Crippen LogP contribution >= 0.6 is 0 Å². The van der Waals surface area contributed by atoms with Gasteiger partial charge in [0.25, 0.3) is 0 Å². The summed E-state index contributed by atoms with van der Waals surface area (Å²) < 4.78 is 5.49. The van der Waals surface area contributed by atoms with E-state index in [0.29, 0.717) is 23.9 Å². The quantitative estimate of drug-likeness (QED) is 0.577. The Kier molecular flexibility index (Phi) is 4.39. The lowest BCUT2D eigenvalue weighted by atomic mass is 9.71. The van der Waals surface area contributed by atoms with Gasteiger partial charge in [-0.2, -0.15) is 0 Å². The Morgan fingerprint density at radius 1 is 1.10 bits per heavy atom. The summed E-state index contributed by atoms with van der Waals surface area (Å²) in [4.78, 5) is 14.4. The number of ether oxygens (including phenoxy) is 1. The second-order valence-electron chi connectivity index (χ2n) is 7.32. The number of carbonyl (C=O) groups excluding carboxylic acids is 1. The lowest BCUT2D eigenvalue weighted by molar-refractivity contribution is -0.143. The van der Waals surface area contributed by atoms with Gasteiger partial charge in [0.2, 0.25) is 0 Å². The summed E-state index contributed by atoms with van der Waals surface area (Å²) >= 11 is 0. The first-order valence-corrected chi connectivity index (χ1v) is 8.68. The van der Waals surface area contributed by atoms with Crippen molar-refractivity contribution in [3.05, 3.63) is 12.2 Å². The van der Waals surface area contributed by atoms with Crippen molar-refractivity contribution in [2.24, 2.45) is 17.8 Å². The Balaban J connectivity index is 1.68. The van der Waals surface area contributed by atoms with Crippen molar-refractivity contribution in [2.45, 2.75) is 70.6 Å². The van der Waals surface area contributed by atoms with E-state index < -0.39 is 0 Å². The van der Waals surface area contributed by atoms with Crippen molar-refractivity contribution in [2.75, 3.05) is 7.05 Å². The fourth-order valence-electron chi connectivity index (χ4n) is 4.64. The number of likely N-dealkylation sites (N-methyl/N-ethyl adjacent to an activating group) is 1. The van der Waals surface area contributed by atoms with E-state index in [2.05, 4.69) is 37.9 Å². The van der Waals surface area contributed by atoms with Crippen LogP contribution in [0.15, 0.2) is 12.2 Å². The maximum Gasteiger partial charge on any atom is 0.309 e. The first-order valence-electron chi connectivity index (χ1n) is 8.68. The van der Waals surface area contributed by atoms with E-state index in [1.54, 1.807) is 0 Å². The average Bonchev–Trinajstić information content (AvgIpc) is 2.76. The van der Waals surface area contributed by atoms with Gasteiger partial charge in [0.05, 0.1) is 5.92 Å². The third-order valence-electron chi connectivity index (χ3n) is 6.08. The topological polar surface area (TPSA) is 29.5 Å². The van der Waals surface area contributed by atoms with Crippen LogP contribution in [0.5, 0.6) is 0 Å². The summed E-state index contributed by atoms with van der Waals surface area (Å²) in [6.45, 7) is 4.39. The van der Waals surface area contributed by atoms with Crippen molar-refractivity contribution in [3.63, 3.8) is 0 Å². The van der Waals surface area contributed by atoms with Gasteiger partial charge in [-0.25, -0.2) is 0 Å². The number of esters is 1. The zero-order valence-corrected chi connectivity index (χ0v) is 13.6. The molecule has 6 atom stereocenters. The highest BCUT2D eigenvalue weighted by molar-refractivity contribution is 5.75. The number of hydrogen-bond acceptors (Lipinski definition) is 3. The van der Waals surface area contributed by atoms with Crippen molar-refractivity contribution in [1.29, 1.82) is 0 Å². The summed E-state index contributed by atoms with van der Waals surface area (Å²) in [6, 6.07) is 1.25. The Hall–Kier alpha value is -0.830. The number of likely N-dealkylation sites (tertiary alicyclic amines) is 1. The van der Waals surface area contributed by atoms with Gasteiger partial charge in [-0.15, -0.1) is 0 Å². The largest absolute Gasteiger partial charge is 0.462 e. The number of fused-ring (bicyclic) bond motifs is 1. The molecule has 2 heterocycles. The normalized spacial score (nSPS) is 44.8. The molecule has 3 rings (SSSR count). The van der Waals surface area contributed by atoms with E-state index in [4.69, 9.17) is 4.74 Å². The molecule has 0 N–H and O–H groups in total. The molecule has 2 saturated heterocycles. The Bertz CT molecular complexity index is 419. The molecule has 2 aliphatic heterocycles. The Labute approximate surface area is 128 Å². The molecule has 0 unspecified atom stereocenters. The monoisotopic (exact) mass is 291 g/mol. The van der Waals surface area contributed by atoms with Crippen LogP contribution in [0.25, 0.3) is 0 Å². The van der Waals surface area contributed by atoms with Crippen LogP contribution in [0.4, 0.5) is 0 Å². The molecule has 118 valence electrons. The fourth-order valence-corrected chi connectivity index (χ4v) is 4.64. The van der Waals surface area contributed by atoms with Crippen molar-refractivity contribution < 1.29 is 9.53 Å². The van der Waals surface area contributed by atoms with Crippen LogP contribution in [0.3, 0.4) is 0 Å². The lowest BCUT2D eigenvalue weighted by Gasteiger charge is -2.37. The summed E-state index contributed by atoms with van der Waals surface area (Å²) in [5, 5.41) is 0. The summed E-state index contributed by atoms with van der Waals surface area (Å²) in [5.41, 5.74) is 0. The van der Waals surface area contributed by atoms with Gasteiger partial charge in [0, 0.05) is 18.0 Å². The molecular weight excluding hydrogens is 262 g/mol. The van der Waals surface area contributed by atoms with Crippen LogP contribution in [-0.2, 0) is 9.53 Å². The SMILES string of the molecule is C[C@@H]1OC(=O)[C@H]2CCC[C@@H](/C=C/[C@H]3CCC[C@H](C)N3C)[C@@H]12. The molecule has 3 aliphatic rings. The van der Waals surface area contributed by atoms with Crippen LogP contribution < -0.4 is 0 Å². The van der Waals surface area contributed by atoms with E-state index in [1.807, 2.05) is 0 Å². The number of allylic oxidation sites excluding steroid dienone is 1. The third-order valence-corrected chi connectivity index (χ3v) is 6.08. The molecule has 3 nitrogen and oxygen atoms in total. The third kappa shape index (κ3) is 2.90. The van der Waals surface area contributed by atoms with Gasteiger partial charge in [-0.1, -0.05) is 25.0 Å². The predicted octanol–water partition coefficient (Wildman–Crippen LogP) is 3.39. The number of hydrogen-bond donors (Lipinski definition) is 0. The first-order chi connectivity index (χ1) is 10.1. The number of nitrogens with zero attached hydrogens (tertiary/aromatic N) is 1. The summed E-state index contributed by atoms with van der Waals surface area (Å²) in [6.07, 6.45) is 12.2. The van der Waals surface area contributed by atoms with Crippen molar-refractivity contribution >= 4 is 5.97 Å². The van der Waals surface area contributed by atoms with E-state index in [1.165, 1.54) is 25.7 Å². The zero-order chi connectivity index (χ0) is 15.0. The van der Waals surface area contributed by atoms with Gasteiger partial charge >= 0.3 is 5.97 Å². The van der Waals surface area contributed by atoms with E-state index in [-0.39, 0.29) is 18.0 Å². The standard InChI is InChI=1S/C18H29NO2/c1-12-6-4-8-15(19(12)3)11-10-14-7-5-9-16-17(14)13(2)21-18(16)20/h10-17H,4-9H2,1-3H3/b11-10+/t12-,13-,14-,15+,16-,17+/m0/s1. The highest BCUT2D eigenvalue weighted by atomic mass is 16.6. The maximum atomic E-state index is 11.9. The van der Waals surface area contributed by atoms with Crippen LogP contribution in [0.2, 0.25) is 0 Å². The molecule has 3 heteroatoms. The highest BCUT2D eigenvalue weighted by Gasteiger charge is 2.47. The predicted molar refractivity (Wildman–Crippen MR) is 83.9 cm³/mol. The second-order valence-corrected chi connectivity index (χ2v) is 7.32. The van der Waals surface area contributed by atoms with Gasteiger partial charge in [0.15, 0.2) is 0 Å². The molecule has 0 aromatic carbocycles. The van der Waals surface area contributed by atoms with Crippen molar-refractivity contribution in [1.82, 2.24) is 4.90 Å². The minimum absolute atomic E-state index is 0.0500. The first kappa shape index (κ1) is 15.1. The van der Waals surface area contributed by atoms with E-state index in [9.17, 15) is 4.79 Å². The lowest BCUT2D eigenvalue weighted by Crippen LogP contribution is -2.41. The zero-order valence-electron chi connectivity index (χ0n) is 13.6. The molecule has 0 amide bonds. The number of cyclic esters (lactones) is 1. The van der Waals surface area contributed by atoms with Crippen LogP contribution in [-0.4, -0.2) is 36.1 Å². The Morgan fingerprint density at radius 3 is 2.67 bits per heavy atom. The maximum absolute atomic E-state index is 11.9. The molecule has 3 fully saturated rings. The molecule has 0 bridgehead atoms. The van der Waals surface area contributed by atoms with Gasteiger partial charge in [-0.3, -0.25) is 9.69 Å². The molecule has 1 saturated carbocycles. The fraction of sp³-hybridized carbons (Fsp3) is 0.833. The summed E-state index contributed by atoms with van der Waals surface area (Å²) in [5.74, 6) is 1.14. The molecule has 0 aromatic rings. The smallest absolute Gasteiger partial charge is 0.309 e. The number of piperidine rings is 1. The van der Waals surface area contributed by atoms with Crippen LogP contribution in [0.1, 0.15) is 52.4 Å². The second kappa shape index (κ2) is 6.12. The molecular formula is C18H29NO2. The van der Waals surface area contributed by atoms with Gasteiger partial charge in [-0.05, 0) is 52.5 Å². The van der Waals surface area contributed by atoms with E-state index in [0.717, 1.165) is 12.8 Å². The molecule has 21 heavy (non-hydrogen) atoms. The number of carbonyl (C=O) groups is 1. The number of rotatable bonds is 2. The van der Waals surface area contributed by atoms with Crippen LogP contribution in [0, 0.1) is 17.8 Å². The van der Waals surface area contributed by atoms with Gasteiger partial charge in [0.1, 0.15) is 6.10 Å². The van der Waals surface area contributed by atoms with Gasteiger partial charge < -0.3 is 4.74 Å². The summed E-state index contributed by atoms with van der Waals surface area (Å²) in [7, 11) is 2.24. The van der Waals surface area contributed by atoms with Crippen molar-refractivity contribution in [3.8, 4) is 0 Å². The Morgan fingerprint density at radius 2 is 1.86 bits per heavy atom. The highest BCUT2D eigenvalue weighted by Crippen LogP contribution is 2.44. The molecule has 0 spiro atoms. The molecule has 0 aromatic heterocycles. The minimum atomic E-state index is 0.0500. The molecule has 1 aliphatic carbocycles. The molecule has 0 radical (unpaired) electrons. The van der Waals surface area contributed by atoms with E-state index >= 15 is 0 Å². The minimum Gasteiger partial charge on any atom is -0.462 e.